The Morgan fingerprint density at radius 2 is 1.68 bits per heavy atom. The highest BCUT2D eigenvalue weighted by Gasteiger charge is 2.18. The minimum Gasteiger partial charge on any atom is -0.322 e. The zero-order valence-corrected chi connectivity index (χ0v) is 13.7. The topological polar surface area (TPSA) is 80.9 Å². The minimum atomic E-state index is -0.714. The SMILES string of the molecule is CC(C)(C)c1ncc(NC(=O)C(N)c2ccccc2)cn1.Cl. The summed E-state index contributed by atoms with van der Waals surface area (Å²) in [6.07, 6.45) is 3.20. The van der Waals surface area contributed by atoms with Gasteiger partial charge in [-0.05, 0) is 5.56 Å². The van der Waals surface area contributed by atoms with Crippen LogP contribution in [0, 0.1) is 0 Å². The fourth-order valence-corrected chi connectivity index (χ4v) is 1.81. The van der Waals surface area contributed by atoms with Gasteiger partial charge in [-0.15, -0.1) is 12.4 Å². The summed E-state index contributed by atoms with van der Waals surface area (Å²) in [5.74, 6) is 0.446. The molecule has 1 heterocycles. The van der Waals surface area contributed by atoms with Crippen molar-refractivity contribution in [3.63, 3.8) is 0 Å². The Kier molecular flexibility index (Phi) is 6.02. The Balaban J connectivity index is 0.00000242. The number of nitrogens with two attached hydrogens (primary N) is 1. The van der Waals surface area contributed by atoms with Crippen molar-refractivity contribution in [1.82, 2.24) is 9.97 Å². The molecule has 3 N–H and O–H groups in total. The van der Waals surface area contributed by atoms with Gasteiger partial charge in [0.15, 0.2) is 0 Å². The molecule has 0 saturated carbocycles. The number of aromatic nitrogens is 2. The number of halogens is 1. The molecule has 1 aromatic carbocycles. The third-order valence-corrected chi connectivity index (χ3v) is 3.03. The number of rotatable bonds is 3. The van der Waals surface area contributed by atoms with E-state index in [2.05, 4.69) is 15.3 Å². The highest BCUT2D eigenvalue weighted by Crippen LogP contribution is 2.18. The molecule has 6 heteroatoms. The lowest BCUT2D eigenvalue weighted by atomic mass is 9.96. The Labute approximate surface area is 136 Å². The fourth-order valence-electron chi connectivity index (χ4n) is 1.81. The molecule has 0 saturated heterocycles. The number of carbonyl (C=O) groups is 1. The van der Waals surface area contributed by atoms with Crippen LogP contribution in [0.15, 0.2) is 42.7 Å². The lowest BCUT2D eigenvalue weighted by molar-refractivity contribution is -0.117. The molecule has 2 rings (SSSR count). The minimum absolute atomic E-state index is 0. The maximum Gasteiger partial charge on any atom is 0.245 e. The van der Waals surface area contributed by atoms with Crippen molar-refractivity contribution in [1.29, 1.82) is 0 Å². The van der Waals surface area contributed by atoms with Crippen LogP contribution in [0.4, 0.5) is 5.69 Å². The normalized spacial score (nSPS) is 12.2. The second-order valence-corrected chi connectivity index (χ2v) is 5.92. The summed E-state index contributed by atoms with van der Waals surface area (Å²) < 4.78 is 0. The van der Waals surface area contributed by atoms with Crippen molar-refractivity contribution in [3.05, 3.63) is 54.1 Å². The molecule has 0 aliphatic carbocycles. The molecule has 0 fully saturated rings. The molecular formula is C16H21ClN4O. The van der Waals surface area contributed by atoms with E-state index in [1.165, 1.54) is 0 Å². The van der Waals surface area contributed by atoms with Gasteiger partial charge in [0.25, 0.3) is 0 Å². The summed E-state index contributed by atoms with van der Waals surface area (Å²) in [7, 11) is 0. The summed E-state index contributed by atoms with van der Waals surface area (Å²) in [5, 5.41) is 2.73. The van der Waals surface area contributed by atoms with Gasteiger partial charge in [0.1, 0.15) is 11.9 Å². The van der Waals surface area contributed by atoms with E-state index in [-0.39, 0.29) is 23.7 Å². The van der Waals surface area contributed by atoms with Crippen molar-refractivity contribution < 1.29 is 4.79 Å². The van der Waals surface area contributed by atoms with Gasteiger partial charge in [-0.2, -0.15) is 0 Å². The molecule has 22 heavy (non-hydrogen) atoms. The van der Waals surface area contributed by atoms with Crippen LogP contribution >= 0.6 is 12.4 Å². The van der Waals surface area contributed by atoms with Gasteiger partial charge in [0, 0.05) is 5.41 Å². The van der Waals surface area contributed by atoms with Gasteiger partial charge < -0.3 is 11.1 Å². The number of nitrogens with zero attached hydrogens (tertiary/aromatic N) is 2. The Bertz CT molecular complexity index is 608. The number of anilines is 1. The summed E-state index contributed by atoms with van der Waals surface area (Å²) in [6, 6.07) is 8.52. The van der Waals surface area contributed by atoms with E-state index in [4.69, 9.17) is 5.73 Å². The van der Waals surface area contributed by atoms with E-state index in [9.17, 15) is 4.79 Å². The predicted octanol–water partition coefficient (Wildman–Crippen LogP) is 2.83. The molecule has 0 aliphatic heterocycles. The van der Waals surface area contributed by atoms with E-state index in [1.54, 1.807) is 12.4 Å². The van der Waals surface area contributed by atoms with Crippen molar-refractivity contribution >= 4 is 24.0 Å². The summed E-state index contributed by atoms with van der Waals surface area (Å²) in [5.41, 5.74) is 7.12. The Hall–Kier alpha value is -1.98. The largest absolute Gasteiger partial charge is 0.322 e. The lowest BCUT2D eigenvalue weighted by Gasteiger charge is -2.17. The van der Waals surface area contributed by atoms with Crippen LogP contribution in [0.1, 0.15) is 38.2 Å². The van der Waals surface area contributed by atoms with Gasteiger partial charge in [0.05, 0.1) is 18.1 Å². The molecular weight excluding hydrogens is 300 g/mol. The van der Waals surface area contributed by atoms with Crippen molar-refractivity contribution in [3.8, 4) is 0 Å². The second kappa shape index (κ2) is 7.33. The molecule has 0 radical (unpaired) electrons. The monoisotopic (exact) mass is 320 g/mol. The standard InChI is InChI=1S/C16H20N4O.ClH/c1-16(2,3)15-18-9-12(10-19-15)20-14(21)13(17)11-7-5-4-6-8-11;/h4-10,13H,17H2,1-3H3,(H,20,21);1H. The van der Waals surface area contributed by atoms with Crippen molar-refractivity contribution in [2.24, 2.45) is 5.73 Å². The quantitative estimate of drug-likeness (QED) is 0.911. The molecule has 1 aromatic heterocycles. The second-order valence-electron chi connectivity index (χ2n) is 5.92. The zero-order chi connectivity index (χ0) is 15.5. The number of amides is 1. The van der Waals surface area contributed by atoms with Gasteiger partial charge in [-0.25, -0.2) is 9.97 Å². The fraction of sp³-hybridized carbons (Fsp3) is 0.312. The highest BCUT2D eigenvalue weighted by molar-refractivity contribution is 5.95. The van der Waals surface area contributed by atoms with E-state index in [1.807, 2.05) is 51.1 Å². The average Bonchev–Trinajstić information content (AvgIpc) is 2.47. The van der Waals surface area contributed by atoms with E-state index < -0.39 is 6.04 Å². The van der Waals surface area contributed by atoms with E-state index in [0.29, 0.717) is 5.69 Å². The third kappa shape index (κ3) is 4.51. The van der Waals surface area contributed by atoms with Crippen molar-refractivity contribution in [2.45, 2.75) is 32.2 Å². The first-order valence-corrected chi connectivity index (χ1v) is 6.82. The predicted molar refractivity (Wildman–Crippen MR) is 90.0 cm³/mol. The first-order valence-electron chi connectivity index (χ1n) is 6.82. The van der Waals surface area contributed by atoms with Gasteiger partial charge >= 0.3 is 0 Å². The van der Waals surface area contributed by atoms with Gasteiger partial charge in [-0.1, -0.05) is 51.1 Å². The van der Waals surface area contributed by atoms with Crippen molar-refractivity contribution in [2.75, 3.05) is 5.32 Å². The van der Waals surface area contributed by atoms with E-state index >= 15 is 0 Å². The number of hydrogen-bond donors (Lipinski definition) is 2. The third-order valence-electron chi connectivity index (χ3n) is 3.03. The van der Waals surface area contributed by atoms with Crippen LogP contribution in [0.5, 0.6) is 0 Å². The molecule has 1 unspecified atom stereocenters. The molecule has 2 aromatic rings. The molecule has 1 amide bonds. The van der Waals surface area contributed by atoms with Crippen LogP contribution in [-0.4, -0.2) is 15.9 Å². The maximum absolute atomic E-state index is 12.1. The van der Waals surface area contributed by atoms with Gasteiger partial charge in [0.2, 0.25) is 5.91 Å². The van der Waals surface area contributed by atoms with Crippen LogP contribution in [0.2, 0.25) is 0 Å². The molecule has 0 bridgehead atoms. The van der Waals surface area contributed by atoms with E-state index in [0.717, 1.165) is 11.4 Å². The zero-order valence-electron chi connectivity index (χ0n) is 12.9. The van der Waals surface area contributed by atoms with Crippen LogP contribution in [0.25, 0.3) is 0 Å². The average molecular weight is 321 g/mol. The van der Waals surface area contributed by atoms with Crippen LogP contribution < -0.4 is 11.1 Å². The molecule has 1 atom stereocenters. The molecule has 118 valence electrons. The molecule has 0 spiro atoms. The number of carbonyl (C=O) groups excluding carboxylic acids is 1. The Morgan fingerprint density at radius 3 is 2.18 bits per heavy atom. The number of nitrogens with one attached hydrogen (secondary N) is 1. The molecule has 5 nitrogen and oxygen atoms in total. The Morgan fingerprint density at radius 1 is 1.14 bits per heavy atom. The highest BCUT2D eigenvalue weighted by atomic mass is 35.5. The maximum atomic E-state index is 12.1. The lowest BCUT2D eigenvalue weighted by Crippen LogP contribution is -2.28. The summed E-state index contributed by atoms with van der Waals surface area (Å²) >= 11 is 0. The summed E-state index contributed by atoms with van der Waals surface area (Å²) in [6.45, 7) is 6.10. The van der Waals surface area contributed by atoms with Crippen LogP contribution in [-0.2, 0) is 10.2 Å². The number of benzene rings is 1. The van der Waals surface area contributed by atoms with Crippen LogP contribution in [0.3, 0.4) is 0 Å². The van der Waals surface area contributed by atoms with Gasteiger partial charge in [-0.3, -0.25) is 4.79 Å². The first kappa shape index (κ1) is 18.1. The smallest absolute Gasteiger partial charge is 0.245 e. The summed E-state index contributed by atoms with van der Waals surface area (Å²) in [4.78, 5) is 20.6. The molecule has 0 aliphatic rings. The first-order chi connectivity index (χ1) is 9.88. The number of hydrogen-bond acceptors (Lipinski definition) is 4.